The standard InChI is InChI=1S/C29H43N5O/c1-21(2)15-16-23(4)29(35)33(9)18-12-17-30-28(34-25(6)27(20-31-34)32(7)8)19-24(5)26-14-11-10-13-22(26)3/h10-11,13-14,19-20,23,30H,1,5,12,15-18H2,2-4,6-9H3/b28-19-. The molecule has 0 radical (unpaired) electrons. The van der Waals surface area contributed by atoms with Crippen LogP contribution in [0, 0.1) is 19.8 Å². The quantitative estimate of drug-likeness (QED) is 0.235. The molecule has 0 aliphatic carbocycles. The van der Waals surface area contributed by atoms with Gasteiger partial charge < -0.3 is 15.1 Å². The minimum atomic E-state index is 0.00808. The molecule has 1 aromatic heterocycles. The van der Waals surface area contributed by atoms with Gasteiger partial charge in [0.2, 0.25) is 5.91 Å². The van der Waals surface area contributed by atoms with Crippen LogP contribution in [0.1, 0.15) is 49.9 Å². The minimum Gasteiger partial charge on any atom is -0.375 e. The van der Waals surface area contributed by atoms with Crippen molar-refractivity contribution >= 4 is 23.0 Å². The predicted octanol–water partition coefficient (Wildman–Crippen LogP) is 5.51. The van der Waals surface area contributed by atoms with Crippen molar-refractivity contribution < 1.29 is 4.79 Å². The fourth-order valence-electron chi connectivity index (χ4n) is 4.05. The summed E-state index contributed by atoms with van der Waals surface area (Å²) in [6, 6.07) is 8.24. The Kier molecular flexibility index (Phi) is 10.4. The molecule has 35 heavy (non-hydrogen) atoms. The lowest BCUT2D eigenvalue weighted by atomic mass is 10.0. The molecule has 0 bridgehead atoms. The number of rotatable bonds is 13. The van der Waals surface area contributed by atoms with Crippen molar-refractivity contribution in [3.8, 4) is 0 Å². The van der Waals surface area contributed by atoms with Crippen molar-refractivity contribution in [2.45, 2.75) is 47.0 Å². The van der Waals surface area contributed by atoms with Gasteiger partial charge in [-0.15, -0.1) is 6.58 Å². The van der Waals surface area contributed by atoms with E-state index in [0.717, 1.165) is 53.2 Å². The Morgan fingerprint density at radius 2 is 1.89 bits per heavy atom. The number of nitrogens with one attached hydrogen (secondary N) is 1. The van der Waals surface area contributed by atoms with Crippen molar-refractivity contribution in [3.05, 3.63) is 72.1 Å². The second kappa shape index (κ2) is 13.0. The number of hydrogen-bond donors (Lipinski definition) is 1. The Bertz CT molecular complexity index is 1060. The summed E-state index contributed by atoms with van der Waals surface area (Å²) in [6.45, 7) is 17.8. The van der Waals surface area contributed by atoms with Crippen molar-refractivity contribution in [2.24, 2.45) is 5.92 Å². The number of benzene rings is 1. The Labute approximate surface area is 212 Å². The van der Waals surface area contributed by atoms with E-state index in [2.05, 4.69) is 60.5 Å². The average molecular weight is 478 g/mol. The first-order valence-corrected chi connectivity index (χ1v) is 12.3. The molecule has 0 saturated carbocycles. The Balaban J connectivity index is 2.11. The Hall–Kier alpha value is -3.28. The highest BCUT2D eigenvalue weighted by Crippen LogP contribution is 2.23. The van der Waals surface area contributed by atoms with E-state index >= 15 is 0 Å². The van der Waals surface area contributed by atoms with E-state index in [-0.39, 0.29) is 11.8 Å². The van der Waals surface area contributed by atoms with Gasteiger partial charge in [-0.2, -0.15) is 5.10 Å². The number of hydrogen-bond acceptors (Lipinski definition) is 4. The van der Waals surface area contributed by atoms with Crippen LogP contribution >= 0.6 is 0 Å². The highest BCUT2D eigenvalue weighted by atomic mass is 16.2. The zero-order valence-electron chi connectivity index (χ0n) is 22.7. The molecular weight excluding hydrogens is 434 g/mol. The van der Waals surface area contributed by atoms with Gasteiger partial charge in [-0.3, -0.25) is 4.79 Å². The van der Waals surface area contributed by atoms with Crippen molar-refractivity contribution in [1.82, 2.24) is 20.0 Å². The molecule has 2 rings (SSSR count). The number of aryl methyl sites for hydroxylation is 1. The summed E-state index contributed by atoms with van der Waals surface area (Å²) in [5.74, 6) is 1.06. The molecule has 1 N–H and O–H groups in total. The largest absolute Gasteiger partial charge is 0.375 e. The molecule has 1 atom stereocenters. The maximum Gasteiger partial charge on any atom is 0.225 e. The molecule has 6 nitrogen and oxygen atoms in total. The molecular formula is C29H43N5O. The van der Waals surface area contributed by atoms with Crippen LogP contribution < -0.4 is 10.2 Å². The summed E-state index contributed by atoms with van der Waals surface area (Å²) in [7, 11) is 5.92. The lowest BCUT2D eigenvalue weighted by Crippen LogP contribution is -2.34. The van der Waals surface area contributed by atoms with Gasteiger partial charge in [0, 0.05) is 40.2 Å². The molecule has 0 saturated heterocycles. The van der Waals surface area contributed by atoms with E-state index in [4.69, 9.17) is 0 Å². The van der Waals surface area contributed by atoms with Crippen LogP contribution in [-0.4, -0.2) is 54.8 Å². The second-order valence-electron chi connectivity index (χ2n) is 9.73. The number of carbonyl (C=O) groups is 1. The average Bonchev–Trinajstić information content (AvgIpc) is 3.20. The van der Waals surface area contributed by atoms with Crippen LogP contribution in [0.5, 0.6) is 0 Å². The topological polar surface area (TPSA) is 53.4 Å². The molecule has 0 aliphatic rings. The molecule has 1 aromatic carbocycles. The van der Waals surface area contributed by atoms with E-state index < -0.39 is 0 Å². The van der Waals surface area contributed by atoms with E-state index in [1.54, 1.807) is 0 Å². The second-order valence-corrected chi connectivity index (χ2v) is 9.73. The van der Waals surface area contributed by atoms with Crippen LogP contribution in [0.15, 0.2) is 55.3 Å². The third kappa shape index (κ3) is 7.88. The van der Waals surface area contributed by atoms with Gasteiger partial charge in [-0.25, -0.2) is 4.68 Å². The highest BCUT2D eigenvalue weighted by molar-refractivity contribution is 5.79. The van der Waals surface area contributed by atoms with E-state index in [9.17, 15) is 4.79 Å². The predicted molar refractivity (Wildman–Crippen MR) is 149 cm³/mol. The molecule has 1 unspecified atom stereocenters. The number of aromatic nitrogens is 2. The molecule has 190 valence electrons. The van der Waals surface area contributed by atoms with Gasteiger partial charge in [-0.1, -0.05) is 43.3 Å². The Morgan fingerprint density at radius 3 is 2.49 bits per heavy atom. The first-order chi connectivity index (χ1) is 16.5. The monoisotopic (exact) mass is 477 g/mol. The third-order valence-corrected chi connectivity index (χ3v) is 6.27. The van der Waals surface area contributed by atoms with E-state index in [0.29, 0.717) is 13.1 Å². The molecule has 1 heterocycles. The van der Waals surface area contributed by atoms with Crippen LogP contribution in [0.4, 0.5) is 5.69 Å². The fraction of sp³-hybridized carbons (Fsp3) is 0.448. The third-order valence-electron chi connectivity index (χ3n) is 6.27. The highest BCUT2D eigenvalue weighted by Gasteiger charge is 2.17. The molecule has 0 aliphatic heterocycles. The van der Waals surface area contributed by atoms with Gasteiger partial charge in [0.1, 0.15) is 5.82 Å². The van der Waals surface area contributed by atoms with E-state index in [1.165, 1.54) is 5.56 Å². The molecule has 1 amide bonds. The van der Waals surface area contributed by atoms with Crippen molar-refractivity contribution in [3.63, 3.8) is 0 Å². The van der Waals surface area contributed by atoms with Crippen LogP contribution in [0.25, 0.3) is 11.4 Å². The summed E-state index contributed by atoms with van der Waals surface area (Å²) >= 11 is 0. The summed E-state index contributed by atoms with van der Waals surface area (Å²) < 4.78 is 1.92. The smallest absolute Gasteiger partial charge is 0.225 e. The number of nitrogens with zero attached hydrogens (tertiary/aromatic N) is 4. The lowest BCUT2D eigenvalue weighted by Gasteiger charge is -2.22. The minimum absolute atomic E-state index is 0.00808. The molecule has 2 aromatic rings. The van der Waals surface area contributed by atoms with Crippen molar-refractivity contribution in [2.75, 3.05) is 39.1 Å². The molecule has 6 heteroatoms. The number of carbonyl (C=O) groups excluding carboxylic acids is 1. The number of amides is 1. The van der Waals surface area contributed by atoms with E-state index in [1.807, 2.05) is 62.9 Å². The summed E-state index contributed by atoms with van der Waals surface area (Å²) in [5.41, 5.74) is 6.44. The number of allylic oxidation sites excluding steroid dienone is 3. The van der Waals surface area contributed by atoms with Crippen LogP contribution in [-0.2, 0) is 4.79 Å². The summed E-state index contributed by atoms with van der Waals surface area (Å²) in [5, 5.41) is 8.18. The maximum absolute atomic E-state index is 12.7. The van der Waals surface area contributed by atoms with Gasteiger partial charge >= 0.3 is 0 Å². The normalized spacial score (nSPS) is 12.3. The summed E-state index contributed by atoms with van der Waals surface area (Å²) in [4.78, 5) is 16.6. The SMILES string of the molecule is C=C(C)CCC(C)C(=O)N(C)CCCN/C(=C/C(=C)c1ccccc1C)n1ncc(N(C)C)c1C. The molecule has 0 fully saturated rings. The fourth-order valence-corrected chi connectivity index (χ4v) is 4.05. The molecule has 0 spiro atoms. The maximum atomic E-state index is 12.7. The van der Waals surface area contributed by atoms with Gasteiger partial charge in [0.05, 0.1) is 17.6 Å². The first-order valence-electron chi connectivity index (χ1n) is 12.3. The zero-order chi connectivity index (χ0) is 26.1. The van der Waals surface area contributed by atoms with Gasteiger partial charge in [0.15, 0.2) is 0 Å². The summed E-state index contributed by atoms with van der Waals surface area (Å²) in [6.07, 6.45) is 6.48. The van der Waals surface area contributed by atoms with Crippen LogP contribution in [0.3, 0.4) is 0 Å². The Morgan fingerprint density at radius 1 is 1.20 bits per heavy atom. The number of anilines is 1. The first kappa shape index (κ1) is 28.0. The zero-order valence-corrected chi connectivity index (χ0v) is 22.7. The lowest BCUT2D eigenvalue weighted by molar-refractivity contribution is -0.133. The van der Waals surface area contributed by atoms with Gasteiger partial charge in [-0.05, 0) is 62.8 Å². The van der Waals surface area contributed by atoms with Gasteiger partial charge in [0.25, 0.3) is 0 Å². The van der Waals surface area contributed by atoms with Crippen LogP contribution in [0.2, 0.25) is 0 Å². The van der Waals surface area contributed by atoms with Crippen molar-refractivity contribution in [1.29, 1.82) is 0 Å².